The minimum atomic E-state index is -3.63. The SMILES string of the molecule is Cc1ccc(S(=O)(=O)N2CCc3ccc(O)c4c3C2CCc2ccccc2-4)cc1. The Bertz CT molecular complexity index is 1200. The molecule has 0 spiro atoms. The highest BCUT2D eigenvalue weighted by atomic mass is 32.2. The monoisotopic (exact) mass is 405 g/mol. The van der Waals surface area contributed by atoms with Crippen molar-refractivity contribution in [2.45, 2.75) is 37.1 Å². The molecule has 0 aromatic heterocycles. The van der Waals surface area contributed by atoms with Crippen molar-refractivity contribution in [3.63, 3.8) is 0 Å². The van der Waals surface area contributed by atoms with E-state index >= 15 is 0 Å². The first-order valence-electron chi connectivity index (χ1n) is 9.98. The summed E-state index contributed by atoms with van der Waals surface area (Å²) in [4.78, 5) is 0.329. The van der Waals surface area contributed by atoms with Crippen LogP contribution in [-0.4, -0.2) is 24.4 Å². The number of nitrogens with zero attached hydrogens (tertiary/aromatic N) is 1. The van der Waals surface area contributed by atoms with Gasteiger partial charge in [-0.1, -0.05) is 48.0 Å². The standard InChI is InChI=1S/C24H23NO3S/c1-16-6-10-19(11-7-16)29(27,28)25-15-14-18-9-13-22(26)24-20-5-3-2-4-17(20)8-12-21(25)23(18)24/h2-7,9-11,13,21,26H,8,12,14-15H2,1H3. The van der Waals surface area contributed by atoms with Gasteiger partial charge in [-0.3, -0.25) is 0 Å². The van der Waals surface area contributed by atoms with E-state index in [1.54, 1.807) is 22.5 Å². The normalized spacial score (nSPS) is 18.6. The van der Waals surface area contributed by atoms with Crippen LogP contribution in [0.1, 0.15) is 34.7 Å². The fourth-order valence-electron chi connectivity index (χ4n) is 4.76. The molecule has 4 nitrogen and oxygen atoms in total. The van der Waals surface area contributed by atoms with E-state index in [4.69, 9.17) is 0 Å². The van der Waals surface area contributed by atoms with Crippen molar-refractivity contribution in [2.75, 3.05) is 6.54 Å². The van der Waals surface area contributed by atoms with Crippen LogP contribution in [0.2, 0.25) is 0 Å². The number of aromatic hydroxyl groups is 1. The summed E-state index contributed by atoms with van der Waals surface area (Å²) in [7, 11) is -3.63. The second kappa shape index (κ2) is 6.71. The lowest BCUT2D eigenvalue weighted by Crippen LogP contribution is -2.40. The van der Waals surface area contributed by atoms with Crippen LogP contribution in [0.15, 0.2) is 65.6 Å². The second-order valence-corrected chi connectivity index (χ2v) is 9.81. The highest BCUT2D eigenvalue weighted by molar-refractivity contribution is 7.89. The highest BCUT2D eigenvalue weighted by Crippen LogP contribution is 2.48. The number of hydrogen-bond acceptors (Lipinski definition) is 3. The summed E-state index contributed by atoms with van der Waals surface area (Å²) >= 11 is 0. The Morgan fingerprint density at radius 2 is 1.69 bits per heavy atom. The van der Waals surface area contributed by atoms with Gasteiger partial charge in [0.25, 0.3) is 0 Å². The lowest BCUT2D eigenvalue weighted by Gasteiger charge is -2.37. The van der Waals surface area contributed by atoms with Crippen molar-refractivity contribution in [1.29, 1.82) is 0 Å². The molecular formula is C24H23NO3S. The fourth-order valence-corrected chi connectivity index (χ4v) is 6.39. The van der Waals surface area contributed by atoms with E-state index < -0.39 is 10.0 Å². The number of fused-ring (bicyclic) bond motifs is 2. The summed E-state index contributed by atoms with van der Waals surface area (Å²) < 4.78 is 28.7. The van der Waals surface area contributed by atoms with Crippen LogP contribution >= 0.6 is 0 Å². The van der Waals surface area contributed by atoms with Crippen LogP contribution in [0.3, 0.4) is 0 Å². The first kappa shape index (κ1) is 18.4. The number of hydrogen-bond donors (Lipinski definition) is 1. The molecule has 5 heteroatoms. The van der Waals surface area contributed by atoms with Crippen LogP contribution in [0.4, 0.5) is 0 Å². The molecule has 1 N–H and O–H groups in total. The number of aryl methyl sites for hydroxylation is 2. The zero-order chi connectivity index (χ0) is 20.2. The van der Waals surface area contributed by atoms with E-state index in [0.717, 1.165) is 39.8 Å². The summed E-state index contributed by atoms with van der Waals surface area (Å²) in [5.74, 6) is 0.220. The van der Waals surface area contributed by atoms with E-state index in [2.05, 4.69) is 6.07 Å². The first-order valence-corrected chi connectivity index (χ1v) is 11.4. The van der Waals surface area contributed by atoms with Crippen LogP contribution in [0, 0.1) is 6.92 Å². The minimum Gasteiger partial charge on any atom is -0.507 e. The molecule has 1 aliphatic heterocycles. The number of phenols is 1. The van der Waals surface area contributed by atoms with Gasteiger partial charge in [0, 0.05) is 12.1 Å². The number of rotatable bonds is 2. The van der Waals surface area contributed by atoms with Gasteiger partial charge < -0.3 is 5.11 Å². The molecule has 1 unspecified atom stereocenters. The Hall–Kier alpha value is -2.63. The van der Waals surface area contributed by atoms with Gasteiger partial charge in [-0.2, -0.15) is 4.31 Å². The van der Waals surface area contributed by atoms with Crippen LogP contribution in [0.5, 0.6) is 5.75 Å². The molecule has 0 fully saturated rings. The van der Waals surface area contributed by atoms with Gasteiger partial charge in [0.2, 0.25) is 10.0 Å². The lowest BCUT2D eigenvalue weighted by molar-refractivity contribution is 0.295. The van der Waals surface area contributed by atoms with Crippen molar-refractivity contribution in [3.05, 3.63) is 82.9 Å². The van der Waals surface area contributed by atoms with Crippen LogP contribution in [0.25, 0.3) is 11.1 Å². The van der Waals surface area contributed by atoms with Crippen molar-refractivity contribution >= 4 is 10.0 Å². The predicted molar refractivity (Wildman–Crippen MR) is 113 cm³/mol. The Labute approximate surface area is 171 Å². The average molecular weight is 406 g/mol. The molecule has 0 saturated carbocycles. The van der Waals surface area contributed by atoms with E-state index in [1.165, 1.54) is 0 Å². The Kier molecular flexibility index (Phi) is 4.26. The van der Waals surface area contributed by atoms with Gasteiger partial charge >= 0.3 is 0 Å². The lowest BCUT2D eigenvalue weighted by atomic mass is 9.87. The van der Waals surface area contributed by atoms with Crippen LogP contribution < -0.4 is 0 Å². The van der Waals surface area contributed by atoms with E-state index in [-0.39, 0.29) is 11.8 Å². The molecule has 0 radical (unpaired) electrons. The molecule has 2 aliphatic rings. The maximum absolute atomic E-state index is 13.5. The van der Waals surface area contributed by atoms with E-state index in [9.17, 15) is 13.5 Å². The largest absolute Gasteiger partial charge is 0.507 e. The van der Waals surface area contributed by atoms with Crippen molar-refractivity contribution < 1.29 is 13.5 Å². The molecule has 3 aromatic carbocycles. The third kappa shape index (κ3) is 2.88. The van der Waals surface area contributed by atoms with E-state index in [1.807, 2.05) is 43.3 Å². The summed E-state index contributed by atoms with van der Waals surface area (Å²) in [6, 6.07) is 18.6. The van der Waals surface area contributed by atoms with Gasteiger partial charge in [-0.15, -0.1) is 0 Å². The Morgan fingerprint density at radius 3 is 2.48 bits per heavy atom. The zero-order valence-corrected chi connectivity index (χ0v) is 17.1. The third-order valence-electron chi connectivity index (χ3n) is 6.20. The smallest absolute Gasteiger partial charge is 0.243 e. The highest BCUT2D eigenvalue weighted by Gasteiger charge is 2.39. The van der Waals surface area contributed by atoms with Crippen molar-refractivity contribution in [3.8, 4) is 16.9 Å². The predicted octanol–water partition coefficient (Wildman–Crippen LogP) is 4.60. The first-order chi connectivity index (χ1) is 14.0. The second-order valence-electron chi connectivity index (χ2n) is 7.92. The molecular weight excluding hydrogens is 382 g/mol. The van der Waals surface area contributed by atoms with Crippen molar-refractivity contribution in [1.82, 2.24) is 4.31 Å². The quantitative estimate of drug-likeness (QED) is 0.678. The van der Waals surface area contributed by atoms with E-state index in [0.29, 0.717) is 24.3 Å². The summed E-state index contributed by atoms with van der Waals surface area (Å²) in [6.07, 6.45) is 2.12. The maximum atomic E-state index is 13.5. The maximum Gasteiger partial charge on any atom is 0.243 e. The van der Waals surface area contributed by atoms with Gasteiger partial charge in [-0.05, 0) is 66.6 Å². The number of benzene rings is 3. The van der Waals surface area contributed by atoms with Crippen LogP contribution in [-0.2, 0) is 22.9 Å². The minimum absolute atomic E-state index is 0.220. The summed E-state index contributed by atoms with van der Waals surface area (Å²) in [5.41, 5.74) is 6.10. The molecule has 3 aromatic rings. The van der Waals surface area contributed by atoms with Gasteiger partial charge in [0.05, 0.1) is 10.9 Å². The molecule has 5 rings (SSSR count). The molecule has 0 saturated heterocycles. The molecule has 29 heavy (non-hydrogen) atoms. The van der Waals surface area contributed by atoms with Gasteiger partial charge in [0.1, 0.15) is 5.75 Å². The number of sulfonamides is 1. The fraction of sp³-hybridized carbons (Fsp3) is 0.250. The van der Waals surface area contributed by atoms with Crippen molar-refractivity contribution in [2.24, 2.45) is 0 Å². The van der Waals surface area contributed by atoms with Gasteiger partial charge in [-0.25, -0.2) is 8.42 Å². The average Bonchev–Trinajstić information content (AvgIpc) is 2.89. The third-order valence-corrected chi connectivity index (χ3v) is 8.12. The molecule has 1 aliphatic carbocycles. The Morgan fingerprint density at radius 1 is 0.931 bits per heavy atom. The molecule has 0 amide bonds. The van der Waals surface area contributed by atoms with Gasteiger partial charge in [0.15, 0.2) is 0 Å². The molecule has 1 atom stereocenters. The zero-order valence-electron chi connectivity index (χ0n) is 16.3. The topological polar surface area (TPSA) is 57.6 Å². The molecule has 148 valence electrons. The summed E-state index contributed by atoms with van der Waals surface area (Å²) in [5, 5.41) is 10.8. The number of phenolic OH excluding ortho intramolecular Hbond substituents is 1. The summed E-state index contributed by atoms with van der Waals surface area (Å²) in [6.45, 7) is 2.40. The Balaban J connectivity index is 1.69. The molecule has 1 heterocycles. The molecule has 0 bridgehead atoms.